The number of rotatable bonds is 16. The van der Waals surface area contributed by atoms with Gasteiger partial charge in [-0.3, -0.25) is 14.3 Å². The van der Waals surface area contributed by atoms with Gasteiger partial charge in [-0.15, -0.1) is 0 Å². The topological polar surface area (TPSA) is 129 Å². The van der Waals surface area contributed by atoms with E-state index in [0.29, 0.717) is 11.4 Å². The number of esters is 1. The van der Waals surface area contributed by atoms with Gasteiger partial charge in [-0.1, -0.05) is 51.3 Å². The van der Waals surface area contributed by atoms with Crippen LogP contribution in [-0.4, -0.2) is 44.4 Å². The third-order valence-corrected chi connectivity index (χ3v) is 10.2. The standard InChI is InChI=1S/C41H47N3O6S/c1-7-9-10-11-17-43-51-40-25(4)20-24(3)37(26(40)5)44-32-23-33(50-29-14-12-13-27(8-2)21-29)36(42)35-34(32)39(46)31-22-28(15-16-30(31)38(35)45)41(47)49-19-18-48-6/h12-16,20-23,43-44H,7-11,17-19,42H2,1-6H3. The average molecular weight is 710 g/mol. The molecule has 5 rings (SSSR count). The SMILES string of the molecule is CCCCCCNSc1c(C)cc(C)c(Nc2cc(Oc3cccc(CC)c3)c(N)c3c2C(=O)c2cc(C(=O)OCCOC)ccc2C3=O)c1C. The van der Waals surface area contributed by atoms with Crippen molar-refractivity contribution >= 4 is 46.5 Å². The molecule has 0 amide bonds. The Morgan fingerprint density at radius 1 is 0.863 bits per heavy atom. The number of benzene rings is 4. The number of methoxy groups -OCH3 is 1. The highest BCUT2D eigenvalue weighted by atomic mass is 32.2. The van der Waals surface area contributed by atoms with Crippen molar-refractivity contribution in [1.82, 2.24) is 4.72 Å². The third-order valence-electron chi connectivity index (χ3n) is 9.05. The lowest BCUT2D eigenvalue weighted by molar-refractivity contribution is 0.0388. The van der Waals surface area contributed by atoms with E-state index in [0.717, 1.165) is 52.2 Å². The molecule has 4 aromatic rings. The average Bonchev–Trinajstić information content (AvgIpc) is 3.12. The van der Waals surface area contributed by atoms with Crippen molar-refractivity contribution in [1.29, 1.82) is 0 Å². The van der Waals surface area contributed by atoms with E-state index < -0.39 is 17.5 Å². The third kappa shape index (κ3) is 8.30. The highest BCUT2D eigenvalue weighted by Crippen LogP contribution is 2.44. The van der Waals surface area contributed by atoms with Crippen LogP contribution in [0.2, 0.25) is 0 Å². The molecular weight excluding hydrogens is 663 g/mol. The first kappa shape index (κ1) is 37.6. The largest absolute Gasteiger partial charge is 0.460 e. The lowest BCUT2D eigenvalue weighted by Gasteiger charge is -2.26. The number of carbonyl (C=O) groups excluding carboxylic acids is 3. The van der Waals surface area contributed by atoms with E-state index >= 15 is 0 Å². The Bertz CT molecular complexity index is 1960. The van der Waals surface area contributed by atoms with Gasteiger partial charge in [-0.25, -0.2) is 4.79 Å². The molecule has 0 bridgehead atoms. The van der Waals surface area contributed by atoms with Gasteiger partial charge in [0.25, 0.3) is 0 Å². The molecule has 268 valence electrons. The maximum absolute atomic E-state index is 14.5. The van der Waals surface area contributed by atoms with Crippen LogP contribution in [0.3, 0.4) is 0 Å². The first-order chi connectivity index (χ1) is 24.6. The number of ketones is 2. The number of ether oxygens (including phenoxy) is 3. The van der Waals surface area contributed by atoms with Crippen molar-refractivity contribution in [3.8, 4) is 11.5 Å². The molecule has 0 radical (unpaired) electrons. The Morgan fingerprint density at radius 3 is 2.39 bits per heavy atom. The van der Waals surface area contributed by atoms with E-state index in [1.165, 1.54) is 44.6 Å². The van der Waals surface area contributed by atoms with Crippen molar-refractivity contribution in [2.24, 2.45) is 0 Å². The Labute approximate surface area is 304 Å². The van der Waals surface area contributed by atoms with E-state index in [2.05, 4.69) is 36.9 Å². The van der Waals surface area contributed by atoms with E-state index in [-0.39, 0.29) is 52.5 Å². The van der Waals surface area contributed by atoms with Crippen LogP contribution in [0.4, 0.5) is 17.1 Å². The quantitative estimate of drug-likeness (QED) is 0.0395. The van der Waals surface area contributed by atoms with Gasteiger partial charge in [0, 0.05) is 41.4 Å². The predicted molar refractivity (Wildman–Crippen MR) is 204 cm³/mol. The van der Waals surface area contributed by atoms with Crippen molar-refractivity contribution in [3.05, 3.63) is 105 Å². The Kier molecular flexibility index (Phi) is 12.6. The number of anilines is 3. The second-order valence-electron chi connectivity index (χ2n) is 12.8. The first-order valence-electron chi connectivity index (χ1n) is 17.5. The monoisotopic (exact) mass is 709 g/mol. The van der Waals surface area contributed by atoms with Gasteiger partial charge in [0.1, 0.15) is 12.4 Å². The summed E-state index contributed by atoms with van der Waals surface area (Å²) < 4.78 is 20.1. The van der Waals surface area contributed by atoms with Gasteiger partial charge in [-0.2, -0.15) is 0 Å². The van der Waals surface area contributed by atoms with Gasteiger partial charge >= 0.3 is 5.97 Å². The minimum absolute atomic E-state index is 0.0559. The first-order valence-corrected chi connectivity index (χ1v) is 18.3. The number of carbonyl (C=O) groups is 3. The number of hydrogen-bond donors (Lipinski definition) is 3. The number of fused-ring (bicyclic) bond motifs is 2. The van der Waals surface area contributed by atoms with Crippen LogP contribution >= 0.6 is 11.9 Å². The van der Waals surface area contributed by atoms with Crippen LogP contribution in [-0.2, 0) is 15.9 Å². The number of hydrogen-bond acceptors (Lipinski definition) is 10. The van der Waals surface area contributed by atoms with Gasteiger partial charge < -0.3 is 25.3 Å². The molecule has 0 saturated heterocycles. The summed E-state index contributed by atoms with van der Waals surface area (Å²) in [4.78, 5) is 42.6. The van der Waals surface area contributed by atoms with Crippen molar-refractivity contribution in [2.75, 3.05) is 37.9 Å². The molecule has 0 atom stereocenters. The molecule has 0 aliphatic heterocycles. The molecule has 0 fully saturated rings. The fraction of sp³-hybridized carbons (Fsp3) is 0.341. The molecule has 0 unspecified atom stereocenters. The molecule has 1 aliphatic rings. The van der Waals surface area contributed by atoms with Crippen LogP contribution in [0.15, 0.2) is 59.5 Å². The zero-order valence-electron chi connectivity index (χ0n) is 30.3. The van der Waals surface area contributed by atoms with Crippen molar-refractivity contribution < 1.29 is 28.6 Å². The van der Waals surface area contributed by atoms with Crippen molar-refractivity contribution in [3.63, 3.8) is 0 Å². The molecule has 0 spiro atoms. The summed E-state index contributed by atoms with van der Waals surface area (Å²) in [5.41, 5.74) is 12.7. The maximum Gasteiger partial charge on any atom is 0.338 e. The van der Waals surface area contributed by atoms with E-state index in [4.69, 9.17) is 19.9 Å². The van der Waals surface area contributed by atoms with E-state index in [1.54, 1.807) is 18.0 Å². The minimum atomic E-state index is -0.619. The normalized spacial score (nSPS) is 12.0. The van der Waals surface area contributed by atoms with Crippen LogP contribution in [0.1, 0.15) is 104 Å². The predicted octanol–water partition coefficient (Wildman–Crippen LogP) is 9.05. The molecule has 51 heavy (non-hydrogen) atoms. The van der Waals surface area contributed by atoms with Gasteiger partial charge in [0.15, 0.2) is 17.3 Å². The number of aryl methyl sites for hydroxylation is 3. The van der Waals surface area contributed by atoms with Crippen LogP contribution in [0.25, 0.3) is 0 Å². The molecule has 10 heteroatoms. The molecule has 0 heterocycles. The summed E-state index contributed by atoms with van der Waals surface area (Å²) in [6.07, 6.45) is 5.50. The van der Waals surface area contributed by atoms with E-state index in [9.17, 15) is 14.4 Å². The highest BCUT2D eigenvalue weighted by molar-refractivity contribution is 7.97. The second-order valence-corrected chi connectivity index (χ2v) is 13.7. The Balaban J connectivity index is 1.60. The molecule has 1 aliphatic carbocycles. The van der Waals surface area contributed by atoms with Gasteiger partial charge in [0.2, 0.25) is 0 Å². The summed E-state index contributed by atoms with van der Waals surface area (Å²) in [6, 6.07) is 15.8. The molecule has 0 aromatic heterocycles. The molecule has 9 nitrogen and oxygen atoms in total. The van der Waals surface area contributed by atoms with Crippen LogP contribution in [0, 0.1) is 20.8 Å². The van der Waals surface area contributed by atoms with Crippen LogP contribution < -0.4 is 20.5 Å². The van der Waals surface area contributed by atoms with Crippen molar-refractivity contribution in [2.45, 2.75) is 71.6 Å². The summed E-state index contributed by atoms with van der Waals surface area (Å²) in [7, 11) is 1.51. The fourth-order valence-electron chi connectivity index (χ4n) is 6.31. The van der Waals surface area contributed by atoms with E-state index in [1.807, 2.05) is 38.1 Å². The highest BCUT2D eigenvalue weighted by Gasteiger charge is 2.36. The summed E-state index contributed by atoms with van der Waals surface area (Å²) in [5, 5.41) is 3.53. The number of nitrogens with two attached hydrogens (primary N) is 1. The van der Waals surface area contributed by atoms with Crippen LogP contribution in [0.5, 0.6) is 11.5 Å². The zero-order chi connectivity index (χ0) is 36.7. The fourth-order valence-corrected chi connectivity index (χ4v) is 7.18. The molecule has 4 aromatic carbocycles. The molecule has 0 saturated carbocycles. The maximum atomic E-state index is 14.5. The summed E-state index contributed by atoms with van der Waals surface area (Å²) in [5.74, 6) is -0.686. The lowest BCUT2D eigenvalue weighted by Crippen LogP contribution is -2.25. The molecule has 4 N–H and O–H groups in total. The van der Waals surface area contributed by atoms with Gasteiger partial charge in [-0.05, 0) is 98.1 Å². The summed E-state index contributed by atoms with van der Waals surface area (Å²) in [6.45, 7) is 11.6. The minimum Gasteiger partial charge on any atom is -0.460 e. The number of nitrogens with one attached hydrogen (secondary N) is 2. The lowest BCUT2D eigenvalue weighted by atomic mass is 9.81. The summed E-state index contributed by atoms with van der Waals surface area (Å²) >= 11 is 1.60. The van der Waals surface area contributed by atoms with Gasteiger partial charge in [0.05, 0.1) is 34.7 Å². The Hall–Kier alpha value is -4.64. The smallest absolute Gasteiger partial charge is 0.338 e. The number of unbranched alkanes of at least 4 members (excludes halogenated alkanes) is 3. The zero-order valence-corrected chi connectivity index (χ0v) is 31.1. The Morgan fingerprint density at radius 2 is 1.65 bits per heavy atom. The molecular formula is C41H47N3O6S. The second kappa shape index (κ2) is 17.0. The number of nitrogen functional groups attached to an aromatic ring is 1.